The van der Waals surface area contributed by atoms with Crippen molar-refractivity contribution >= 4 is 0 Å². The third-order valence-corrected chi connectivity index (χ3v) is 6.02. The summed E-state index contributed by atoms with van der Waals surface area (Å²) in [5, 5.41) is 0. The van der Waals surface area contributed by atoms with E-state index in [2.05, 4.69) is 54.9 Å². The smallest absolute Gasteiger partial charge is 0.105 e. The zero-order valence-corrected chi connectivity index (χ0v) is 19.2. The van der Waals surface area contributed by atoms with Gasteiger partial charge in [-0.3, -0.25) is 0 Å². The summed E-state index contributed by atoms with van der Waals surface area (Å²) in [7, 11) is 0. The molecule has 0 N–H and O–H groups in total. The first-order valence-electron chi connectivity index (χ1n) is 12.4. The number of nitrogens with zero attached hydrogens (tertiary/aromatic N) is 2. The number of imidazole rings is 1. The maximum absolute atomic E-state index is 4.78. The Morgan fingerprint density at radius 1 is 0.690 bits per heavy atom. The maximum Gasteiger partial charge on any atom is 0.105 e. The summed E-state index contributed by atoms with van der Waals surface area (Å²) in [6.07, 6.45) is 22.6. The molecule has 0 spiro atoms. The van der Waals surface area contributed by atoms with E-state index < -0.39 is 0 Å². The topological polar surface area (TPSA) is 17.8 Å². The van der Waals surface area contributed by atoms with E-state index in [0.717, 1.165) is 19.4 Å². The Hall–Kier alpha value is -1.57. The minimum absolute atomic E-state index is 1.08. The molecule has 0 bridgehead atoms. The quantitative estimate of drug-likeness (QED) is 0.247. The minimum Gasteiger partial charge on any atom is -0.335 e. The monoisotopic (exact) mass is 396 g/mol. The van der Waals surface area contributed by atoms with Gasteiger partial charge in [0.15, 0.2) is 0 Å². The van der Waals surface area contributed by atoms with Crippen LogP contribution < -0.4 is 0 Å². The van der Waals surface area contributed by atoms with Crippen LogP contribution in [0.1, 0.15) is 107 Å². The molecule has 0 unspecified atom stereocenters. The lowest BCUT2D eigenvalue weighted by Gasteiger charge is -2.05. The van der Waals surface area contributed by atoms with Gasteiger partial charge in [0.1, 0.15) is 5.82 Å². The summed E-state index contributed by atoms with van der Waals surface area (Å²) < 4.78 is 2.37. The van der Waals surface area contributed by atoms with Crippen molar-refractivity contribution in [2.24, 2.45) is 0 Å². The second kappa shape index (κ2) is 15.3. The molecule has 1 aromatic heterocycles. The molecule has 0 amide bonds. The van der Waals surface area contributed by atoms with Crippen molar-refractivity contribution in [3.63, 3.8) is 0 Å². The highest BCUT2D eigenvalue weighted by Gasteiger charge is 2.04. The van der Waals surface area contributed by atoms with E-state index >= 15 is 0 Å². The molecule has 1 heterocycles. The second-order valence-electron chi connectivity index (χ2n) is 8.70. The van der Waals surface area contributed by atoms with Gasteiger partial charge in [-0.25, -0.2) is 4.98 Å². The van der Waals surface area contributed by atoms with Crippen molar-refractivity contribution in [2.75, 3.05) is 0 Å². The zero-order valence-electron chi connectivity index (χ0n) is 19.2. The Kier molecular flexibility index (Phi) is 12.5. The minimum atomic E-state index is 1.08. The summed E-state index contributed by atoms with van der Waals surface area (Å²) in [6.45, 7) is 5.58. The third kappa shape index (κ3) is 10.7. The molecule has 0 aliphatic rings. The van der Waals surface area contributed by atoms with Crippen LogP contribution in [0.2, 0.25) is 0 Å². The van der Waals surface area contributed by atoms with E-state index in [4.69, 9.17) is 4.98 Å². The first kappa shape index (κ1) is 23.7. The Bertz CT molecular complexity index is 629. The summed E-state index contributed by atoms with van der Waals surface area (Å²) >= 11 is 0. The van der Waals surface area contributed by atoms with Gasteiger partial charge < -0.3 is 4.57 Å². The van der Waals surface area contributed by atoms with Crippen molar-refractivity contribution < 1.29 is 0 Å². The standard InChI is InChI=1S/C27H44N2/c1-3-4-5-6-7-8-9-10-11-12-13-17-23-29-24-27(28-25(29)2)22-18-21-26-19-15-14-16-20-26/h14-16,19-20,24H,3-13,17-18,21-23H2,1-2H3. The second-order valence-corrected chi connectivity index (χ2v) is 8.70. The van der Waals surface area contributed by atoms with Gasteiger partial charge in [-0.2, -0.15) is 0 Å². The van der Waals surface area contributed by atoms with Crippen LogP contribution in [-0.4, -0.2) is 9.55 Å². The van der Waals surface area contributed by atoms with Crippen molar-refractivity contribution in [1.29, 1.82) is 0 Å². The number of aromatic nitrogens is 2. The lowest BCUT2D eigenvalue weighted by atomic mass is 10.1. The van der Waals surface area contributed by atoms with Gasteiger partial charge in [0.2, 0.25) is 0 Å². The van der Waals surface area contributed by atoms with Gasteiger partial charge in [-0.15, -0.1) is 0 Å². The predicted molar refractivity (Wildman–Crippen MR) is 127 cm³/mol. The van der Waals surface area contributed by atoms with Gasteiger partial charge in [-0.1, -0.05) is 108 Å². The molecular weight excluding hydrogens is 352 g/mol. The Labute approximate surface area is 180 Å². The van der Waals surface area contributed by atoms with Crippen molar-refractivity contribution in [3.05, 3.63) is 53.6 Å². The van der Waals surface area contributed by atoms with Crippen LogP contribution in [0, 0.1) is 6.92 Å². The zero-order chi connectivity index (χ0) is 20.6. The van der Waals surface area contributed by atoms with Gasteiger partial charge in [0.25, 0.3) is 0 Å². The molecule has 1 aromatic carbocycles. The van der Waals surface area contributed by atoms with Crippen molar-refractivity contribution in [1.82, 2.24) is 9.55 Å². The fourth-order valence-corrected chi connectivity index (χ4v) is 4.16. The number of aryl methyl sites for hydroxylation is 4. The molecule has 2 heteroatoms. The molecule has 0 atom stereocenters. The van der Waals surface area contributed by atoms with Crippen molar-refractivity contribution in [3.8, 4) is 0 Å². The predicted octanol–water partition coefficient (Wildman–Crippen LogP) is 8.07. The van der Waals surface area contributed by atoms with E-state index in [9.17, 15) is 0 Å². The van der Waals surface area contributed by atoms with Gasteiger partial charge in [0.05, 0.1) is 5.69 Å². The molecule has 0 saturated carbocycles. The average Bonchev–Trinajstić information content (AvgIpc) is 3.09. The van der Waals surface area contributed by atoms with Crippen LogP contribution >= 0.6 is 0 Å². The highest BCUT2D eigenvalue weighted by molar-refractivity contribution is 5.15. The first-order chi connectivity index (χ1) is 14.3. The number of hydrogen-bond acceptors (Lipinski definition) is 1. The van der Waals surface area contributed by atoms with E-state index in [-0.39, 0.29) is 0 Å². The lowest BCUT2D eigenvalue weighted by Crippen LogP contribution is -1.99. The number of benzene rings is 1. The molecule has 0 aliphatic carbocycles. The number of rotatable bonds is 17. The van der Waals surface area contributed by atoms with Crippen LogP contribution in [-0.2, 0) is 19.4 Å². The SMILES string of the molecule is CCCCCCCCCCCCCCn1cc(CCCc2ccccc2)nc1C. The van der Waals surface area contributed by atoms with Crippen LogP contribution in [0.5, 0.6) is 0 Å². The van der Waals surface area contributed by atoms with Crippen LogP contribution in [0.15, 0.2) is 36.5 Å². The molecule has 2 rings (SSSR count). The highest BCUT2D eigenvalue weighted by Crippen LogP contribution is 2.13. The van der Waals surface area contributed by atoms with E-state index in [0.29, 0.717) is 0 Å². The first-order valence-corrected chi connectivity index (χ1v) is 12.4. The molecule has 29 heavy (non-hydrogen) atoms. The molecule has 0 fully saturated rings. The van der Waals surface area contributed by atoms with Crippen LogP contribution in [0.3, 0.4) is 0 Å². The van der Waals surface area contributed by atoms with Crippen LogP contribution in [0.25, 0.3) is 0 Å². The fourth-order valence-electron chi connectivity index (χ4n) is 4.16. The Morgan fingerprint density at radius 3 is 1.90 bits per heavy atom. The largest absolute Gasteiger partial charge is 0.335 e. The van der Waals surface area contributed by atoms with Crippen LogP contribution in [0.4, 0.5) is 0 Å². The molecule has 0 saturated heterocycles. The molecule has 2 nitrogen and oxygen atoms in total. The van der Waals surface area contributed by atoms with E-state index in [1.807, 2.05) is 0 Å². The van der Waals surface area contributed by atoms with E-state index in [1.165, 1.54) is 101 Å². The molecular formula is C27H44N2. The molecule has 2 aromatic rings. The fraction of sp³-hybridized carbons (Fsp3) is 0.667. The molecule has 162 valence electrons. The highest BCUT2D eigenvalue weighted by atomic mass is 15.1. The lowest BCUT2D eigenvalue weighted by molar-refractivity contribution is 0.526. The van der Waals surface area contributed by atoms with Gasteiger partial charge >= 0.3 is 0 Å². The summed E-state index contributed by atoms with van der Waals surface area (Å²) in [5.41, 5.74) is 2.69. The molecule has 0 radical (unpaired) electrons. The van der Waals surface area contributed by atoms with Crippen molar-refractivity contribution in [2.45, 2.75) is 117 Å². The molecule has 0 aliphatic heterocycles. The summed E-state index contributed by atoms with van der Waals surface area (Å²) in [4.78, 5) is 4.78. The summed E-state index contributed by atoms with van der Waals surface area (Å²) in [6, 6.07) is 10.8. The summed E-state index contributed by atoms with van der Waals surface area (Å²) in [5.74, 6) is 1.18. The number of hydrogen-bond donors (Lipinski definition) is 0. The Balaban J connectivity index is 1.48. The number of unbranched alkanes of at least 4 members (excludes halogenated alkanes) is 11. The normalized spacial score (nSPS) is 11.2. The third-order valence-electron chi connectivity index (χ3n) is 6.02. The maximum atomic E-state index is 4.78. The van der Waals surface area contributed by atoms with Gasteiger partial charge in [-0.05, 0) is 38.2 Å². The van der Waals surface area contributed by atoms with E-state index in [1.54, 1.807) is 0 Å². The van der Waals surface area contributed by atoms with Gasteiger partial charge in [0, 0.05) is 12.7 Å². The average molecular weight is 397 g/mol. The Morgan fingerprint density at radius 2 is 1.28 bits per heavy atom.